The van der Waals surface area contributed by atoms with Crippen molar-refractivity contribution in [2.45, 2.75) is 121 Å². The van der Waals surface area contributed by atoms with Gasteiger partial charge in [0.1, 0.15) is 40.7 Å². The predicted molar refractivity (Wildman–Crippen MR) is 240 cm³/mol. The molecule has 6 rings (SSSR count). The molecule has 360 valence electrons. The predicted octanol–water partition coefficient (Wildman–Crippen LogP) is 3.75. The van der Waals surface area contributed by atoms with E-state index in [1.165, 1.54) is 43.2 Å². The zero-order valence-electron chi connectivity index (χ0n) is 38.8. The van der Waals surface area contributed by atoms with Crippen molar-refractivity contribution in [1.29, 1.82) is 0 Å². The Bertz CT molecular complexity index is 2150. The van der Waals surface area contributed by atoms with E-state index in [1.807, 2.05) is 13.0 Å². The summed E-state index contributed by atoms with van der Waals surface area (Å²) in [5.41, 5.74) is -1.08. The molecule has 5 aliphatic rings. The fraction of sp³-hybridized carbons (Fsp3) is 0.596. The Labute approximate surface area is 389 Å². The first-order chi connectivity index (χ1) is 31.2. The summed E-state index contributed by atoms with van der Waals surface area (Å²) in [5.74, 6) is -3.12. The van der Waals surface area contributed by atoms with Crippen molar-refractivity contribution in [2.75, 3.05) is 46.3 Å². The Morgan fingerprint density at radius 3 is 2.42 bits per heavy atom. The molecule has 1 unspecified atom stereocenters. The van der Waals surface area contributed by atoms with Gasteiger partial charge in [0.2, 0.25) is 17.7 Å². The third-order valence-electron chi connectivity index (χ3n) is 13.7. The Hall–Kier alpha value is -5.30. The number of benzene rings is 1. The normalized spacial score (nSPS) is 32.0. The number of ether oxygens (including phenoxy) is 5. The van der Waals surface area contributed by atoms with Crippen molar-refractivity contribution in [3.8, 4) is 5.75 Å². The third-order valence-corrected chi connectivity index (χ3v) is 14.1. The van der Waals surface area contributed by atoms with Gasteiger partial charge >= 0.3 is 12.1 Å². The molecule has 1 aliphatic carbocycles. The number of methoxy groups -OCH3 is 2. The van der Waals surface area contributed by atoms with Crippen molar-refractivity contribution in [2.24, 2.45) is 17.8 Å². The van der Waals surface area contributed by atoms with Gasteiger partial charge in [0.05, 0.1) is 25.3 Å². The second kappa shape index (κ2) is 20.7. The van der Waals surface area contributed by atoms with Gasteiger partial charge in [-0.25, -0.2) is 9.59 Å². The second-order valence-corrected chi connectivity index (χ2v) is 18.7. The molecule has 6 amide bonds. The number of halogens is 1. The molecular formula is C47H62ClN5O13. The minimum absolute atomic E-state index is 0.00377. The van der Waals surface area contributed by atoms with Gasteiger partial charge in [0, 0.05) is 71.1 Å². The van der Waals surface area contributed by atoms with Crippen molar-refractivity contribution >= 4 is 58.9 Å². The summed E-state index contributed by atoms with van der Waals surface area (Å²) in [4.78, 5) is 95.1. The summed E-state index contributed by atoms with van der Waals surface area (Å²) >= 11 is 6.81. The average Bonchev–Trinajstić information content (AvgIpc) is 3.88. The van der Waals surface area contributed by atoms with Gasteiger partial charge in [-0.2, -0.15) is 0 Å². The number of imide groups is 1. The summed E-state index contributed by atoms with van der Waals surface area (Å²) in [5, 5.41) is 17.4. The highest BCUT2D eigenvalue weighted by Gasteiger charge is 2.64. The van der Waals surface area contributed by atoms with E-state index in [0.29, 0.717) is 50.1 Å². The van der Waals surface area contributed by atoms with Crippen LogP contribution < -0.4 is 20.3 Å². The molecule has 4 aliphatic heterocycles. The fourth-order valence-electron chi connectivity index (χ4n) is 9.31. The Morgan fingerprint density at radius 1 is 1.09 bits per heavy atom. The van der Waals surface area contributed by atoms with Crippen LogP contribution >= 0.6 is 11.6 Å². The number of epoxide rings is 1. The number of likely N-dealkylation sites (N-methyl/N-ethyl adjacent to an activating group) is 1. The molecule has 2 saturated heterocycles. The minimum Gasteiger partial charge on any atom is -0.495 e. The van der Waals surface area contributed by atoms with Crippen LogP contribution in [0.5, 0.6) is 5.75 Å². The van der Waals surface area contributed by atoms with Crippen molar-refractivity contribution in [1.82, 2.24) is 20.4 Å². The summed E-state index contributed by atoms with van der Waals surface area (Å²) in [6.07, 6.45) is 5.32. The van der Waals surface area contributed by atoms with E-state index in [-0.39, 0.29) is 54.5 Å². The summed E-state index contributed by atoms with van der Waals surface area (Å²) in [6, 6.07) is 2.50. The molecule has 0 radical (unpaired) electrons. The number of rotatable bonds is 11. The quantitative estimate of drug-likeness (QED) is 0.164. The molecule has 4 heterocycles. The number of fused-ring (bicyclic) bond motifs is 5. The van der Waals surface area contributed by atoms with E-state index in [4.69, 9.17) is 35.3 Å². The number of nitrogens with zero attached hydrogens (tertiary/aromatic N) is 3. The number of anilines is 1. The highest BCUT2D eigenvalue weighted by molar-refractivity contribution is 6.35. The number of esters is 1. The molecule has 3 N–H and O–H groups in total. The number of carbonyl (C=O) groups excluding carboxylic acids is 7. The summed E-state index contributed by atoms with van der Waals surface area (Å²) < 4.78 is 29.5. The van der Waals surface area contributed by atoms with Crippen LogP contribution in [-0.2, 0) is 54.1 Å². The molecule has 18 nitrogen and oxygen atoms in total. The molecular weight excluding hydrogens is 878 g/mol. The van der Waals surface area contributed by atoms with E-state index < -0.39 is 77.5 Å². The first-order valence-corrected chi connectivity index (χ1v) is 22.7. The smallest absolute Gasteiger partial charge is 0.409 e. The lowest BCUT2D eigenvalue weighted by molar-refractivity contribution is -0.163. The van der Waals surface area contributed by atoms with Crippen molar-refractivity contribution < 1.29 is 62.4 Å². The lowest BCUT2D eigenvalue weighted by Crippen LogP contribution is -2.63. The number of allylic oxidation sites excluding steroid dienone is 3. The maximum Gasteiger partial charge on any atom is 0.409 e. The summed E-state index contributed by atoms with van der Waals surface area (Å²) in [6.45, 7) is 7.34. The molecule has 19 heteroatoms. The Morgan fingerprint density at radius 2 is 1.77 bits per heavy atom. The molecule has 1 aromatic rings. The van der Waals surface area contributed by atoms with Gasteiger partial charge in [-0.1, -0.05) is 42.3 Å². The van der Waals surface area contributed by atoms with E-state index >= 15 is 0 Å². The zero-order chi connectivity index (χ0) is 48.2. The van der Waals surface area contributed by atoms with Crippen LogP contribution in [0.25, 0.3) is 0 Å². The molecule has 1 saturated carbocycles. The number of hydrogen-bond donors (Lipinski definition) is 3. The molecule has 66 heavy (non-hydrogen) atoms. The first-order valence-electron chi connectivity index (χ1n) is 22.4. The van der Waals surface area contributed by atoms with Crippen LogP contribution in [0.3, 0.4) is 0 Å². The van der Waals surface area contributed by atoms with Gasteiger partial charge < -0.3 is 43.9 Å². The largest absolute Gasteiger partial charge is 0.495 e. The fourth-order valence-corrected chi connectivity index (χ4v) is 9.62. The third kappa shape index (κ3) is 11.1. The van der Waals surface area contributed by atoms with Gasteiger partial charge in [-0.05, 0) is 76.5 Å². The van der Waals surface area contributed by atoms with Crippen molar-refractivity contribution in [3.05, 3.63) is 58.7 Å². The number of amides is 6. The molecule has 3 fully saturated rings. The minimum atomic E-state index is -1.86. The average molecular weight is 940 g/mol. The summed E-state index contributed by atoms with van der Waals surface area (Å²) in [7, 11) is 5.99. The lowest BCUT2D eigenvalue weighted by atomic mass is 9.81. The van der Waals surface area contributed by atoms with E-state index in [2.05, 4.69) is 10.6 Å². The number of aliphatic hydroxyl groups is 1. The van der Waals surface area contributed by atoms with E-state index in [0.717, 1.165) is 16.0 Å². The van der Waals surface area contributed by atoms with Gasteiger partial charge in [0.25, 0.3) is 11.8 Å². The van der Waals surface area contributed by atoms with Crippen molar-refractivity contribution in [3.63, 3.8) is 0 Å². The maximum absolute atomic E-state index is 14.3. The van der Waals surface area contributed by atoms with Crippen LogP contribution in [0.2, 0.25) is 5.02 Å². The Kier molecular flexibility index (Phi) is 15.7. The van der Waals surface area contributed by atoms with Crippen LogP contribution in [0.1, 0.15) is 78.2 Å². The highest BCUT2D eigenvalue weighted by Crippen LogP contribution is 2.49. The van der Waals surface area contributed by atoms with E-state index in [1.54, 1.807) is 52.1 Å². The number of alkyl carbamates (subject to hydrolysis) is 1. The second-order valence-electron chi connectivity index (χ2n) is 18.3. The standard InChI is InChI=1S/C47H62ClN5O13/c1-26-10-9-11-35(63-8)47(61)24-34(64-45(60)50-47)27(2)42-46(4,66-42)36(23-40(57)52(6)32-21-30(20-26)22-33(62-7)41(32)48)65-44(59)28(3)51(5)43(58)31-14-12-29(13-15-31)25-49-37(54)18-19-53-38(55)16-17-39(53)56/h9-11,16-17,21-22,27-29,31,34-36,42,61H,12-15,18-20,23-25H2,1-8H3,(H,49,54)(H,50,60)/b11-9+,26-10+/t27-,28-,29-,31-,34+,35-,36?,42+,46+,47+/m1/s1. The lowest BCUT2D eigenvalue weighted by Gasteiger charge is -2.42. The SMILES string of the molecule is COc1cc2cc(c1Cl)N(C)C(=O)CC(OC(=O)[C@@H](C)N(C)C(=O)[C@H]1CC[C@H](CNC(=O)CCN3C(=O)C=CC3=O)CC1)[C@]1(C)O[C@H]1[C@H](C)[C@@H]1C[C@@](O)(NC(=O)O1)[C@H](OC)/C=C/C=C(\C)C2. The van der Waals surface area contributed by atoms with Gasteiger partial charge in [0.15, 0.2) is 5.72 Å². The number of hydrogen-bond acceptors (Lipinski definition) is 13. The Balaban J connectivity index is 1.16. The topological polar surface area (TPSA) is 223 Å². The molecule has 0 spiro atoms. The first kappa shape index (κ1) is 50.1. The molecule has 8 atom stereocenters. The van der Waals surface area contributed by atoms with Crippen LogP contribution in [0.15, 0.2) is 48.1 Å². The molecule has 1 aromatic carbocycles. The zero-order valence-corrected chi connectivity index (χ0v) is 39.6. The molecule has 0 aromatic heterocycles. The monoisotopic (exact) mass is 939 g/mol. The van der Waals surface area contributed by atoms with Gasteiger partial charge in [-0.3, -0.25) is 34.2 Å². The van der Waals surface area contributed by atoms with Crippen LogP contribution in [0, 0.1) is 17.8 Å². The highest BCUT2D eigenvalue weighted by atomic mass is 35.5. The van der Waals surface area contributed by atoms with Crippen LogP contribution in [-0.4, -0.2) is 140 Å². The number of nitrogens with one attached hydrogen (secondary N) is 2. The molecule has 4 bridgehead atoms. The van der Waals surface area contributed by atoms with E-state index in [9.17, 15) is 38.7 Å². The maximum atomic E-state index is 14.3. The van der Waals surface area contributed by atoms with Gasteiger partial charge in [-0.15, -0.1) is 0 Å². The number of carbonyl (C=O) groups is 7. The van der Waals surface area contributed by atoms with Crippen LogP contribution in [0.4, 0.5) is 10.5 Å².